The molecule has 2 aromatic heterocycles. The van der Waals surface area contributed by atoms with Crippen LogP contribution in [0.1, 0.15) is 15.9 Å². The molecule has 5 nitrogen and oxygen atoms in total. The molecule has 0 saturated heterocycles. The zero-order valence-electron chi connectivity index (χ0n) is 26.6. The normalized spacial score (nSPS) is 11.1. The molecule has 0 unspecified atom stereocenters. The molecule has 0 aliphatic carbocycles. The SMILES string of the molecule is O=C(c1ccc(-c2nc(-c3ccc(Br)cc3)[nH]c2-c2ccccc2)cc1)c1ccc(-c2[nH]c(-c3ccc(Br)cc3)nc2-c2ccccc2)cc1. The lowest BCUT2D eigenvalue weighted by molar-refractivity contribution is 0.103. The van der Waals surface area contributed by atoms with Gasteiger partial charge in [-0.15, -0.1) is 0 Å². The number of aromatic amines is 2. The van der Waals surface area contributed by atoms with Gasteiger partial charge >= 0.3 is 0 Å². The summed E-state index contributed by atoms with van der Waals surface area (Å²) in [6.45, 7) is 0. The quantitative estimate of drug-likeness (QED) is 0.151. The number of hydrogen-bond acceptors (Lipinski definition) is 3. The number of nitrogens with one attached hydrogen (secondary N) is 2. The van der Waals surface area contributed by atoms with Crippen molar-refractivity contribution in [1.29, 1.82) is 0 Å². The third kappa shape index (κ3) is 6.41. The van der Waals surface area contributed by atoms with Gasteiger partial charge in [0.05, 0.1) is 22.8 Å². The molecule has 240 valence electrons. The number of hydrogen-bond donors (Lipinski definition) is 2. The highest BCUT2D eigenvalue weighted by atomic mass is 79.9. The molecule has 8 rings (SSSR count). The lowest BCUT2D eigenvalue weighted by Crippen LogP contribution is -2.01. The van der Waals surface area contributed by atoms with E-state index < -0.39 is 0 Å². The minimum atomic E-state index is -0.0487. The van der Waals surface area contributed by atoms with E-state index in [0.29, 0.717) is 11.1 Å². The van der Waals surface area contributed by atoms with Crippen LogP contribution >= 0.6 is 31.9 Å². The van der Waals surface area contributed by atoms with E-state index in [2.05, 4.69) is 66.1 Å². The van der Waals surface area contributed by atoms with Gasteiger partial charge in [0, 0.05) is 53.5 Å². The van der Waals surface area contributed by atoms with Crippen LogP contribution in [-0.2, 0) is 0 Å². The Bertz CT molecular complexity index is 2240. The van der Waals surface area contributed by atoms with Gasteiger partial charge in [0.15, 0.2) is 5.78 Å². The predicted molar refractivity (Wildman–Crippen MR) is 209 cm³/mol. The molecule has 7 heteroatoms. The van der Waals surface area contributed by atoms with Gasteiger partial charge in [-0.2, -0.15) is 0 Å². The minimum Gasteiger partial charge on any atom is -0.337 e. The lowest BCUT2D eigenvalue weighted by Gasteiger charge is -2.07. The number of halogens is 2. The largest absolute Gasteiger partial charge is 0.337 e. The van der Waals surface area contributed by atoms with Crippen LogP contribution in [0.15, 0.2) is 167 Å². The van der Waals surface area contributed by atoms with E-state index in [1.807, 2.05) is 133 Å². The van der Waals surface area contributed by atoms with Gasteiger partial charge in [0.2, 0.25) is 0 Å². The molecule has 0 spiro atoms. The summed E-state index contributed by atoms with van der Waals surface area (Å²) < 4.78 is 2.02. The molecule has 8 aromatic rings. The molecule has 0 saturated carbocycles. The molecule has 0 aliphatic rings. The van der Waals surface area contributed by atoms with Crippen LogP contribution in [0.5, 0.6) is 0 Å². The maximum atomic E-state index is 13.7. The van der Waals surface area contributed by atoms with Gasteiger partial charge in [-0.25, -0.2) is 9.97 Å². The Labute approximate surface area is 306 Å². The summed E-state index contributed by atoms with van der Waals surface area (Å²) in [5.41, 5.74) is 10.6. The third-order valence-electron chi connectivity index (χ3n) is 8.61. The summed E-state index contributed by atoms with van der Waals surface area (Å²) in [5.74, 6) is 1.51. The molecule has 0 amide bonds. The van der Waals surface area contributed by atoms with Crippen LogP contribution < -0.4 is 0 Å². The fraction of sp³-hybridized carbons (Fsp3) is 0. The van der Waals surface area contributed by atoms with Gasteiger partial charge in [-0.3, -0.25) is 4.79 Å². The summed E-state index contributed by atoms with van der Waals surface area (Å²) in [7, 11) is 0. The van der Waals surface area contributed by atoms with Crippen LogP contribution in [0.25, 0.3) is 67.8 Å². The average Bonchev–Trinajstić information content (AvgIpc) is 3.82. The molecule has 6 aromatic carbocycles. The average molecular weight is 777 g/mol. The molecule has 2 N–H and O–H groups in total. The van der Waals surface area contributed by atoms with Crippen LogP contribution in [0, 0.1) is 0 Å². The first-order valence-electron chi connectivity index (χ1n) is 16.1. The molecular weight excluding hydrogens is 748 g/mol. The van der Waals surface area contributed by atoms with E-state index in [9.17, 15) is 4.79 Å². The fourth-order valence-electron chi connectivity index (χ4n) is 6.01. The van der Waals surface area contributed by atoms with Crippen molar-refractivity contribution in [3.8, 4) is 67.8 Å². The first kappa shape index (κ1) is 31.6. The number of carbonyl (C=O) groups excluding carboxylic acids is 1. The molecule has 0 fully saturated rings. The Morgan fingerprint density at radius 3 is 1.18 bits per heavy atom. The number of benzene rings is 6. The summed E-state index contributed by atoms with van der Waals surface area (Å²) in [6, 6.07) is 51.9. The second kappa shape index (κ2) is 13.7. The van der Waals surface area contributed by atoms with Gasteiger partial charge in [0.25, 0.3) is 0 Å². The number of ketones is 1. The summed E-state index contributed by atoms with van der Waals surface area (Å²) >= 11 is 7.04. The molecule has 50 heavy (non-hydrogen) atoms. The zero-order valence-corrected chi connectivity index (χ0v) is 29.7. The zero-order chi connectivity index (χ0) is 34.0. The summed E-state index contributed by atoms with van der Waals surface area (Å²) in [5, 5.41) is 0. The van der Waals surface area contributed by atoms with Crippen LogP contribution in [0.3, 0.4) is 0 Å². The van der Waals surface area contributed by atoms with E-state index in [1.54, 1.807) is 0 Å². The standard InChI is InChI=1S/C43H28Br2N4O/c44-35-23-19-33(20-24-35)42-46-37(27-7-3-1-4-8-27)39(48-42)29-11-15-31(16-12-29)41(50)32-17-13-30(14-18-32)40-38(28-9-5-2-6-10-28)47-43(49-40)34-21-25-36(45)26-22-34/h1-26H,(H,46,48)(H,47,49). The van der Waals surface area contributed by atoms with Gasteiger partial charge in [0.1, 0.15) is 11.6 Å². The second-order valence-electron chi connectivity index (χ2n) is 11.8. The monoisotopic (exact) mass is 774 g/mol. The van der Waals surface area contributed by atoms with E-state index in [-0.39, 0.29) is 5.78 Å². The minimum absolute atomic E-state index is 0.0487. The smallest absolute Gasteiger partial charge is 0.193 e. The number of carbonyl (C=O) groups is 1. The first-order chi connectivity index (χ1) is 24.5. The molecule has 0 atom stereocenters. The maximum Gasteiger partial charge on any atom is 0.193 e. The highest BCUT2D eigenvalue weighted by Gasteiger charge is 2.18. The van der Waals surface area contributed by atoms with Crippen molar-refractivity contribution >= 4 is 37.6 Å². The fourth-order valence-corrected chi connectivity index (χ4v) is 6.53. The number of nitrogens with zero attached hydrogens (tertiary/aromatic N) is 2. The Kier molecular flexibility index (Phi) is 8.67. The van der Waals surface area contributed by atoms with Crippen molar-refractivity contribution in [2.75, 3.05) is 0 Å². The van der Waals surface area contributed by atoms with Gasteiger partial charge in [-0.05, 0) is 24.3 Å². The van der Waals surface area contributed by atoms with Crippen molar-refractivity contribution in [3.63, 3.8) is 0 Å². The number of imidazole rings is 2. The van der Waals surface area contributed by atoms with Crippen LogP contribution in [0.2, 0.25) is 0 Å². The van der Waals surface area contributed by atoms with E-state index in [0.717, 1.165) is 76.8 Å². The summed E-state index contributed by atoms with van der Waals surface area (Å²) in [4.78, 5) is 30.8. The third-order valence-corrected chi connectivity index (χ3v) is 9.67. The van der Waals surface area contributed by atoms with Gasteiger partial charge in [-0.1, -0.05) is 165 Å². The van der Waals surface area contributed by atoms with E-state index >= 15 is 0 Å². The van der Waals surface area contributed by atoms with Crippen LogP contribution in [-0.4, -0.2) is 25.7 Å². The number of rotatable bonds is 8. The highest BCUT2D eigenvalue weighted by Crippen LogP contribution is 2.35. The van der Waals surface area contributed by atoms with Crippen molar-refractivity contribution in [2.45, 2.75) is 0 Å². The molecular formula is C43H28Br2N4O. The summed E-state index contributed by atoms with van der Waals surface area (Å²) in [6.07, 6.45) is 0. The molecule has 0 aliphatic heterocycles. The Hall–Kier alpha value is -5.63. The Morgan fingerprint density at radius 2 is 0.740 bits per heavy atom. The Balaban J connectivity index is 1.09. The Morgan fingerprint density at radius 1 is 0.400 bits per heavy atom. The first-order valence-corrected chi connectivity index (χ1v) is 17.7. The second-order valence-corrected chi connectivity index (χ2v) is 13.7. The predicted octanol–water partition coefficient (Wildman–Crippen LogP) is 11.9. The van der Waals surface area contributed by atoms with Crippen molar-refractivity contribution in [3.05, 3.63) is 178 Å². The lowest BCUT2D eigenvalue weighted by atomic mass is 9.98. The molecule has 2 heterocycles. The molecule has 0 radical (unpaired) electrons. The van der Waals surface area contributed by atoms with E-state index in [4.69, 9.17) is 9.97 Å². The number of aromatic nitrogens is 4. The highest BCUT2D eigenvalue weighted by molar-refractivity contribution is 9.10. The van der Waals surface area contributed by atoms with E-state index in [1.165, 1.54) is 0 Å². The van der Waals surface area contributed by atoms with Crippen molar-refractivity contribution < 1.29 is 4.79 Å². The molecule has 0 bridgehead atoms. The van der Waals surface area contributed by atoms with Crippen molar-refractivity contribution in [1.82, 2.24) is 19.9 Å². The maximum absolute atomic E-state index is 13.7. The topological polar surface area (TPSA) is 74.4 Å². The van der Waals surface area contributed by atoms with Crippen LogP contribution in [0.4, 0.5) is 0 Å². The van der Waals surface area contributed by atoms with Crippen molar-refractivity contribution in [2.24, 2.45) is 0 Å². The number of H-pyrrole nitrogens is 2. The van der Waals surface area contributed by atoms with Gasteiger partial charge < -0.3 is 9.97 Å².